The lowest BCUT2D eigenvalue weighted by molar-refractivity contribution is -1.03. The molecule has 1 aromatic heterocycles. The van der Waals surface area contributed by atoms with Gasteiger partial charge in [0.05, 0.1) is 0 Å². The summed E-state index contributed by atoms with van der Waals surface area (Å²) in [5, 5.41) is 8.48. The van der Waals surface area contributed by atoms with Crippen LogP contribution in [0.4, 0.5) is 5.13 Å². The third-order valence-corrected chi connectivity index (χ3v) is 5.72. The van der Waals surface area contributed by atoms with Crippen LogP contribution in [0, 0.1) is 10.9 Å². The summed E-state index contributed by atoms with van der Waals surface area (Å²) >= 11 is 6.93. The van der Waals surface area contributed by atoms with Crippen molar-refractivity contribution in [3.8, 4) is 0 Å². The van der Waals surface area contributed by atoms with Gasteiger partial charge in [0.1, 0.15) is 32.7 Å². The predicted octanol–water partition coefficient (Wildman–Crippen LogP) is -0.0347. The van der Waals surface area contributed by atoms with E-state index in [-0.39, 0.29) is 0 Å². The van der Waals surface area contributed by atoms with Crippen LogP contribution < -0.4 is 15.1 Å². The smallest absolute Gasteiger partial charge is 0.204 e. The molecule has 1 aliphatic rings. The van der Waals surface area contributed by atoms with E-state index in [4.69, 9.17) is 12.2 Å². The summed E-state index contributed by atoms with van der Waals surface area (Å²) < 4.78 is 2.82. The molecule has 7 heteroatoms. The van der Waals surface area contributed by atoms with E-state index < -0.39 is 0 Å². The Morgan fingerprint density at radius 3 is 2.65 bits per heavy atom. The van der Waals surface area contributed by atoms with E-state index in [0.29, 0.717) is 0 Å². The highest BCUT2D eigenvalue weighted by Crippen LogP contribution is 2.11. The number of rotatable bonds is 5. The number of aromatic nitrogens is 2. The van der Waals surface area contributed by atoms with Gasteiger partial charge in [-0.15, -0.1) is 5.10 Å². The lowest BCUT2D eigenvalue weighted by Gasteiger charge is -2.29. The summed E-state index contributed by atoms with van der Waals surface area (Å²) in [7, 11) is 1.89. The van der Waals surface area contributed by atoms with E-state index >= 15 is 0 Å². The maximum Gasteiger partial charge on any atom is 0.204 e. The highest BCUT2D eigenvalue weighted by atomic mass is 32.1. The molecule has 0 radical (unpaired) electrons. The SMILES string of the molecule is CNc1nn(C[NH+]2CC[NH+](Cc3cccc(C)c3)CC2)c(=S)s1. The number of benzene rings is 1. The lowest BCUT2D eigenvalue weighted by Crippen LogP contribution is -3.27. The van der Waals surface area contributed by atoms with Gasteiger partial charge in [-0.05, 0) is 19.1 Å². The Hall–Kier alpha value is -1.28. The minimum absolute atomic E-state index is 0.858. The van der Waals surface area contributed by atoms with Crippen molar-refractivity contribution in [3.63, 3.8) is 0 Å². The Labute approximate surface area is 146 Å². The molecule has 3 N–H and O–H groups in total. The van der Waals surface area contributed by atoms with Crippen LogP contribution in [-0.2, 0) is 13.2 Å². The molecule has 1 fully saturated rings. The van der Waals surface area contributed by atoms with Gasteiger partial charge in [0.15, 0.2) is 10.6 Å². The highest BCUT2D eigenvalue weighted by Gasteiger charge is 2.23. The molecule has 0 aliphatic carbocycles. The van der Waals surface area contributed by atoms with Gasteiger partial charge in [0, 0.05) is 12.6 Å². The largest absolute Gasteiger partial charge is 0.363 e. The number of aryl methyl sites for hydroxylation is 1. The Morgan fingerprint density at radius 1 is 1.26 bits per heavy atom. The molecule has 124 valence electrons. The number of anilines is 1. The van der Waals surface area contributed by atoms with E-state index in [1.165, 1.54) is 37.3 Å². The van der Waals surface area contributed by atoms with Crippen LogP contribution in [-0.4, -0.2) is 43.0 Å². The zero-order valence-corrected chi connectivity index (χ0v) is 15.4. The second-order valence-corrected chi connectivity index (χ2v) is 7.87. The number of hydrogen-bond acceptors (Lipinski definition) is 4. The first-order valence-electron chi connectivity index (χ1n) is 8.12. The Kier molecular flexibility index (Phi) is 5.42. The fourth-order valence-corrected chi connectivity index (χ4v) is 4.08. The first-order chi connectivity index (χ1) is 11.1. The van der Waals surface area contributed by atoms with Crippen molar-refractivity contribution in [3.05, 3.63) is 39.3 Å². The minimum atomic E-state index is 0.858. The Morgan fingerprint density at radius 2 is 2.00 bits per heavy atom. The van der Waals surface area contributed by atoms with Crippen LogP contribution in [0.15, 0.2) is 24.3 Å². The molecule has 3 rings (SSSR count). The lowest BCUT2D eigenvalue weighted by atomic mass is 10.1. The average molecular weight is 352 g/mol. The fourth-order valence-electron chi connectivity index (χ4n) is 3.12. The number of quaternary nitrogens is 2. The molecule has 0 spiro atoms. The van der Waals surface area contributed by atoms with Crippen LogP contribution in [0.1, 0.15) is 11.1 Å². The van der Waals surface area contributed by atoms with Gasteiger partial charge in [0.2, 0.25) is 5.13 Å². The van der Waals surface area contributed by atoms with Gasteiger partial charge in [-0.3, -0.25) is 0 Å². The minimum Gasteiger partial charge on any atom is -0.363 e. The topological polar surface area (TPSA) is 38.7 Å². The average Bonchev–Trinajstić information content (AvgIpc) is 2.89. The predicted molar refractivity (Wildman–Crippen MR) is 96.8 cm³/mol. The molecular formula is C16H25N5S2+2. The van der Waals surface area contributed by atoms with Crippen LogP contribution in [0.25, 0.3) is 0 Å². The normalized spacial score (nSPS) is 21.3. The molecular weight excluding hydrogens is 326 g/mol. The van der Waals surface area contributed by atoms with Crippen molar-refractivity contribution in [1.82, 2.24) is 9.78 Å². The van der Waals surface area contributed by atoms with Gasteiger partial charge < -0.3 is 15.1 Å². The first-order valence-corrected chi connectivity index (χ1v) is 9.35. The zero-order chi connectivity index (χ0) is 16.2. The maximum absolute atomic E-state index is 5.39. The maximum atomic E-state index is 5.39. The Bertz CT molecular complexity index is 700. The van der Waals surface area contributed by atoms with E-state index in [1.54, 1.807) is 21.1 Å². The van der Waals surface area contributed by atoms with Gasteiger partial charge in [-0.1, -0.05) is 41.2 Å². The molecule has 0 atom stereocenters. The molecule has 1 aromatic carbocycles. The molecule has 0 bridgehead atoms. The first kappa shape index (κ1) is 16.6. The fraction of sp³-hybridized carbons (Fsp3) is 0.500. The standard InChI is InChI=1S/C16H23N5S2/c1-13-4-3-5-14(10-13)11-19-6-8-20(9-7-19)12-21-16(22)23-15(17-2)18-21/h3-5,10H,6-9,11-12H2,1-2H3,(H,17,18)/p+2. The second kappa shape index (κ2) is 7.53. The van der Waals surface area contributed by atoms with Gasteiger partial charge >= 0.3 is 0 Å². The van der Waals surface area contributed by atoms with Crippen LogP contribution in [0.3, 0.4) is 0 Å². The van der Waals surface area contributed by atoms with Crippen molar-refractivity contribution in [2.24, 2.45) is 0 Å². The van der Waals surface area contributed by atoms with Gasteiger partial charge in [-0.25, -0.2) is 0 Å². The van der Waals surface area contributed by atoms with Gasteiger partial charge in [-0.2, -0.15) is 4.68 Å². The molecule has 2 heterocycles. The summed E-state index contributed by atoms with van der Waals surface area (Å²) in [4.78, 5) is 3.25. The molecule has 0 amide bonds. The molecule has 0 saturated carbocycles. The van der Waals surface area contributed by atoms with Crippen molar-refractivity contribution in [1.29, 1.82) is 0 Å². The third kappa shape index (κ3) is 4.38. The number of nitrogens with one attached hydrogen (secondary N) is 3. The monoisotopic (exact) mass is 351 g/mol. The number of nitrogens with zero attached hydrogens (tertiary/aromatic N) is 2. The van der Waals surface area contributed by atoms with Crippen LogP contribution in [0.2, 0.25) is 0 Å². The molecule has 2 aromatic rings. The quantitative estimate of drug-likeness (QED) is 0.662. The number of piperazine rings is 1. The van der Waals surface area contributed by atoms with Crippen LogP contribution in [0.5, 0.6) is 0 Å². The van der Waals surface area contributed by atoms with Gasteiger partial charge in [0.25, 0.3) is 0 Å². The van der Waals surface area contributed by atoms with Crippen molar-refractivity contribution in [2.75, 3.05) is 38.5 Å². The summed E-state index contributed by atoms with van der Waals surface area (Å²) in [6, 6.07) is 8.87. The van der Waals surface area contributed by atoms with E-state index in [0.717, 1.165) is 22.3 Å². The number of hydrogen-bond donors (Lipinski definition) is 3. The Balaban J connectivity index is 1.52. The molecule has 1 aliphatic heterocycles. The summed E-state index contributed by atoms with van der Waals surface area (Å²) in [6.45, 7) is 8.95. The highest BCUT2D eigenvalue weighted by molar-refractivity contribution is 7.73. The van der Waals surface area contributed by atoms with E-state index in [9.17, 15) is 0 Å². The summed E-state index contributed by atoms with van der Waals surface area (Å²) in [5.74, 6) is 0. The van der Waals surface area contributed by atoms with E-state index in [2.05, 4.69) is 41.6 Å². The second-order valence-electron chi connectivity index (χ2n) is 6.25. The zero-order valence-electron chi connectivity index (χ0n) is 13.8. The molecule has 5 nitrogen and oxygen atoms in total. The van der Waals surface area contributed by atoms with Crippen molar-refractivity contribution < 1.29 is 9.80 Å². The van der Waals surface area contributed by atoms with E-state index in [1.807, 2.05) is 11.7 Å². The van der Waals surface area contributed by atoms with Crippen molar-refractivity contribution in [2.45, 2.75) is 20.1 Å². The molecule has 0 unspecified atom stereocenters. The molecule has 23 heavy (non-hydrogen) atoms. The summed E-state index contributed by atoms with van der Waals surface area (Å²) in [6.07, 6.45) is 0. The molecule has 1 saturated heterocycles. The van der Waals surface area contributed by atoms with Crippen molar-refractivity contribution >= 4 is 28.7 Å². The third-order valence-electron chi connectivity index (χ3n) is 4.39. The van der Waals surface area contributed by atoms with Crippen LogP contribution >= 0.6 is 23.6 Å². The summed E-state index contributed by atoms with van der Waals surface area (Å²) in [5.41, 5.74) is 2.80.